The number of aromatic nitrogens is 1. The van der Waals surface area contributed by atoms with Crippen LogP contribution in [-0.4, -0.2) is 29.8 Å². The van der Waals surface area contributed by atoms with Crippen molar-refractivity contribution in [3.8, 4) is 11.6 Å². The summed E-state index contributed by atoms with van der Waals surface area (Å²) < 4.78 is 15.6. The van der Waals surface area contributed by atoms with E-state index in [2.05, 4.69) is 10.3 Å². The summed E-state index contributed by atoms with van der Waals surface area (Å²) in [6.07, 6.45) is 0.891. The smallest absolute Gasteiger partial charge is 0.412 e. The minimum absolute atomic E-state index is 0.213. The number of hydrogen-bond donors (Lipinski definition) is 1. The second-order valence-electron chi connectivity index (χ2n) is 6.10. The van der Waals surface area contributed by atoms with Crippen LogP contribution in [0.1, 0.15) is 31.1 Å². The zero-order valence-electron chi connectivity index (χ0n) is 14.5. The van der Waals surface area contributed by atoms with E-state index in [-0.39, 0.29) is 11.4 Å². The van der Waals surface area contributed by atoms with Gasteiger partial charge in [-0.05, 0) is 39.0 Å². The molecular weight excluding hydrogens is 324 g/mol. The first-order chi connectivity index (χ1) is 11.8. The van der Waals surface area contributed by atoms with E-state index in [0.717, 1.165) is 0 Å². The first kappa shape index (κ1) is 18.3. The third-order valence-corrected chi connectivity index (χ3v) is 2.89. The maximum Gasteiger partial charge on any atom is 0.412 e. The number of benzene rings is 1. The molecule has 7 nitrogen and oxygen atoms in total. The topological polar surface area (TPSA) is 86.8 Å². The van der Waals surface area contributed by atoms with Crippen molar-refractivity contribution in [3.05, 3.63) is 48.2 Å². The second-order valence-corrected chi connectivity index (χ2v) is 6.10. The van der Waals surface area contributed by atoms with E-state index < -0.39 is 17.7 Å². The molecule has 1 amide bonds. The van der Waals surface area contributed by atoms with E-state index >= 15 is 0 Å². The minimum atomic E-state index is -0.601. The Bertz CT molecular complexity index is 768. The van der Waals surface area contributed by atoms with Crippen LogP contribution in [0.25, 0.3) is 0 Å². The maximum atomic E-state index is 11.8. The zero-order valence-corrected chi connectivity index (χ0v) is 14.5. The second kappa shape index (κ2) is 7.65. The highest BCUT2D eigenvalue weighted by molar-refractivity contribution is 5.92. The molecule has 0 radical (unpaired) electrons. The number of ether oxygens (including phenoxy) is 3. The fraction of sp³-hybridized carbons (Fsp3) is 0.278. The Morgan fingerprint density at radius 2 is 1.84 bits per heavy atom. The van der Waals surface area contributed by atoms with Crippen molar-refractivity contribution in [3.63, 3.8) is 0 Å². The van der Waals surface area contributed by atoms with E-state index in [1.54, 1.807) is 51.1 Å². The molecule has 0 spiro atoms. The number of hydrogen-bond acceptors (Lipinski definition) is 6. The van der Waals surface area contributed by atoms with Gasteiger partial charge in [0.15, 0.2) is 0 Å². The zero-order chi connectivity index (χ0) is 18.4. The molecule has 132 valence electrons. The number of nitrogens with one attached hydrogen (secondary N) is 1. The summed E-state index contributed by atoms with van der Waals surface area (Å²) in [5.74, 6) is -0.000172. The molecule has 25 heavy (non-hydrogen) atoms. The lowest BCUT2D eigenvalue weighted by Crippen LogP contribution is -2.27. The van der Waals surface area contributed by atoms with Crippen molar-refractivity contribution in [1.82, 2.24) is 4.98 Å². The van der Waals surface area contributed by atoms with Crippen molar-refractivity contribution in [2.24, 2.45) is 0 Å². The largest absolute Gasteiger partial charge is 0.465 e. The molecule has 0 aliphatic carbocycles. The van der Waals surface area contributed by atoms with Gasteiger partial charge in [0.05, 0.1) is 12.8 Å². The van der Waals surface area contributed by atoms with Crippen molar-refractivity contribution in [2.45, 2.75) is 26.4 Å². The molecule has 0 aliphatic heterocycles. The Morgan fingerprint density at radius 3 is 2.52 bits per heavy atom. The average molecular weight is 344 g/mol. The monoisotopic (exact) mass is 344 g/mol. The van der Waals surface area contributed by atoms with Crippen molar-refractivity contribution < 1.29 is 23.8 Å². The van der Waals surface area contributed by atoms with Crippen LogP contribution in [0.3, 0.4) is 0 Å². The van der Waals surface area contributed by atoms with Crippen LogP contribution in [0.5, 0.6) is 11.6 Å². The van der Waals surface area contributed by atoms with E-state index in [0.29, 0.717) is 11.4 Å². The highest BCUT2D eigenvalue weighted by Crippen LogP contribution is 2.26. The third-order valence-electron chi connectivity index (χ3n) is 2.89. The van der Waals surface area contributed by atoms with Gasteiger partial charge in [-0.3, -0.25) is 5.32 Å². The molecule has 1 aromatic carbocycles. The number of anilines is 1. The number of carbonyl (C=O) groups is 2. The van der Waals surface area contributed by atoms with Gasteiger partial charge in [0, 0.05) is 12.3 Å². The fourth-order valence-electron chi connectivity index (χ4n) is 1.91. The predicted octanol–water partition coefficient (Wildman–Crippen LogP) is 4.01. The van der Waals surface area contributed by atoms with Crippen LogP contribution in [0.2, 0.25) is 0 Å². The number of nitrogens with zero attached hydrogens (tertiary/aromatic N) is 1. The SMILES string of the molecule is COC(=O)c1ccccc1Oc1cc(NC(=O)OC(C)(C)C)ccn1. The normalized spacial score (nSPS) is 10.7. The van der Waals surface area contributed by atoms with Crippen LogP contribution in [-0.2, 0) is 9.47 Å². The lowest BCUT2D eigenvalue weighted by atomic mass is 10.2. The molecular formula is C18H20N2O5. The van der Waals surface area contributed by atoms with Gasteiger partial charge in [0.1, 0.15) is 16.9 Å². The molecule has 1 N–H and O–H groups in total. The molecule has 1 heterocycles. The van der Waals surface area contributed by atoms with Crippen molar-refractivity contribution in [1.29, 1.82) is 0 Å². The number of methoxy groups -OCH3 is 1. The van der Waals surface area contributed by atoms with Crippen LogP contribution < -0.4 is 10.1 Å². The molecule has 0 atom stereocenters. The molecule has 2 rings (SSSR count). The summed E-state index contributed by atoms with van der Waals surface area (Å²) in [6, 6.07) is 9.77. The maximum absolute atomic E-state index is 11.8. The lowest BCUT2D eigenvalue weighted by Gasteiger charge is -2.19. The molecule has 0 unspecified atom stereocenters. The van der Waals surface area contributed by atoms with Gasteiger partial charge in [-0.25, -0.2) is 14.6 Å². The van der Waals surface area contributed by atoms with Gasteiger partial charge < -0.3 is 14.2 Å². The Balaban J connectivity index is 2.15. The highest BCUT2D eigenvalue weighted by Gasteiger charge is 2.17. The molecule has 0 saturated heterocycles. The molecule has 1 aromatic heterocycles. The first-order valence-corrected chi connectivity index (χ1v) is 7.60. The van der Waals surface area contributed by atoms with Gasteiger partial charge in [-0.1, -0.05) is 12.1 Å². The number of carbonyl (C=O) groups excluding carboxylic acids is 2. The van der Waals surface area contributed by atoms with Crippen LogP contribution >= 0.6 is 0 Å². The van der Waals surface area contributed by atoms with Crippen molar-refractivity contribution >= 4 is 17.7 Å². The first-order valence-electron chi connectivity index (χ1n) is 7.60. The van der Waals surface area contributed by atoms with Gasteiger partial charge in [0.2, 0.25) is 5.88 Å². The Morgan fingerprint density at radius 1 is 1.12 bits per heavy atom. The van der Waals surface area contributed by atoms with E-state index in [1.165, 1.54) is 19.4 Å². The lowest BCUT2D eigenvalue weighted by molar-refractivity contribution is 0.0595. The average Bonchev–Trinajstić information content (AvgIpc) is 2.53. The number of pyridine rings is 1. The standard InChI is InChI=1S/C18H20N2O5/c1-18(2,3)25-17(22)20-12-9-10-19-15(11-12)24-14-8-6-5-7-13(14)16(21)23-4/h5-11H,1-4H3,(H,19,20,22). The molecule has 0 aliphatic rings. The van der Waals surface area contributed by atoms with E-state index in [9.17, 15) is 9.59 Å². The van der Waals surface area contributed by atoms with Gasteiger partial charge in [-0.15, -0.1) is 0 Å². The van der Waals surface area contributed by atoms with Gasteiger partial charge in [0.25, 0.3) is 0 Å². The Kier molecular flexibility index (Phi) is 5.59. The summed E-state index contributed by atoms with van der Waals surface area (Å²) in [5, 5.41) is 2.60. The van der Waals surface area contributed by atoms with Crippen molar-refractivity contribution in [2.75, 3.05) is 12.4 Å². The number of para-hydroxylation sites is 1. The van der Waals surface area contributed by atoms with Crippen LogP contribution in [0.15, 0.2) is 42.6 Å². The number of rotatable bonds is 4. The molecule has 2 aromatic rings. The van der Waals surface area contributed by atoms with Crippen LogP contribution in [0.4, 0.5) is 10.5 Å². The summed E-state index contributed by atoms with van der Waals surface area (Å²) in [5.41, 5.74) is 0.128. The quantitative estimate of drug-likeness (QED) is 0.843. The predicted molar refractivity (Wildman–Crippen MR) is 91.9 cm³/mol. The minimum Gasteiger partial charge on any atom is -0.465 e. The van der Waals surface area contributed by atoms with E-state index in [1.807, 2.05) is 0 Å². The summed E-state index contributed by atoms with van der Waals surface area (Å²) in [6.45, 7) is 5.33. The third kappa shape index (κ3) is 5.49. The summed E-state index contributed by atoms with van der Waals surface area (Å²) >= 11 is 0. The summed E-state index contributed by atoms with van der Waals surface area (Å²) in [7, 11) is 1.29. The van der Waals surface area contributed by atoms with Gasteiger partial charge in [-0.2, -0.15) is 0 Å². The van der Waals surface area contributed by atoms with Gasteiger partial charge >= 0.3 is 12.1 Å². The molecule has 0 bridgehead atoms. The number of esters is 1. The molecule has 0 saturated carbocycles. The summed E-state index contributed by atoms with van der Waals surface area (Å²) in [4.78, 5) is 27.7. The molecule has 0 fully saturated rings. The van der Waals surface area contributed by atoms with E-state index in [4.69, 9.17) is 14.2 Å². The Hall–Kier alpha value is -3.09. The highest BCUT2D eigenvalue weighted by atomic mass is 16.6. The number of amides is 1. The van der Waals surface area contributed by atoms with Crippen LogP contribution in [0, 0.1) is 0 Å². The Labute approximate surface area is 145 Å². The molecule has 7 heteroatoms. The fourth-order valence-corrected chi connectivity index (χ4v) is 1.91.